The van der Waals surface area contributed by atoms with Gasteiger partial charge >= 0.3 is 0 Å². The smallest absolute Gasteiger partial charge is 0.155 e. The molecule has 3 aromatic heterocycles. The molecule has 0 saturated heterocycles. The number of nitrogens with zero attached hydrogens (tertiary/aromatic N) is 4. The molecule has 5 nitrogen and oxygen atoms in total. The molecular weight excluding hydrogens is 257 g/mol. The van der Waals surface area contributed by atoms with E-state index >= 15 is 0 Å². The van der Waals surface area contributed by atoms with Crippen molar-refractivity contribution in [2.75, 3.05) is 0 Å². The topological polar surface area (TPSA) is 55.1 Å². The van der Waals surface area contributed by atoms with Crippen LogP contribution in [0.25, 0.3) is 5.65 Å². The van der Waals surface area contributed by atoms with Crippen LogP contribution in [-0.2, 0) is 6.54 Å². The fourth-order valence-corrected chi connectivity index (χ4v) is 2.05. The highest BCUT2D eigenvalue weighted by Gasteiger charge is 2.11. The predicted molar refractivity (Wildman–Crippen MR) is 72.4 cm³/mol. The lowest BCUT2D eigenvalue weighted by molar-refractivity contribution is 0.512. The quantitative estimate of drug-likeness (QED) is 0.789. The van der Waals surface area contributed by atoms with E-state index in [4.69, 9.17) is 0 Å². The molecule has 0 fully saturated rings. The average Bonchev–Trinajstić information content (AvgIpc) is 2.92. The number of hydrogen-bond acceptors (Lipinski definition) is 4. The molecular formula is C14H14FN5. The molecule has 0 spiro atoms. The first kappa shape index (κ1) is 12.7. The summed E-state index contributed by atoms with van der Waals surface area (Å²) < 4.78 is 15.3. The van der Waals surface area contributed by atoms with Gasteiger partial charge < -0.3 is 5.32 Å². The van der Waals surface area contributed by atoms with Crippen LogP contribution in [-0.4, -0.2) is 19.6 Å². The standard InChI is InChI=1S/C14H14FN5/c1-10(14-12(15)3-2-6-16-14)17-7-11-4-5-13-18-9-19-20(13)8-11/h2-6,8-10,17H,7H2,1H3. The van der Waals surface area contributed by atoms with Crippen LogP contribution >= 0.6 is 0 Å². The lowest BCUT2D eigenvalue weighted by atomic mass is 10.2. The van der Waals surface area contributed by atoms with E-state index in [-0.39, 0.29) is 11.9 Å². The molecule has 20 heavy (non-hydrogen) atoms. The summed E-state index contributed by atoms with van der Waals surface area (Å²) in [4.78, 5) is 8.15. The molecule has 3 heterocycles. The Bertz CT molecular complexity index is 724. The van der Waals surface area contributed by atoms with Crippen LogP contribution in [0.5, 0.6) is 0 Å². The van der Waals surface area contributed by atoms with E-state index in [2.05, 4.69) is 20.4 Å². The molecule has 0 aliphatic rings. The number of pyridine rings is 2. The van der Waals surface area contributed by atoms with Crippen molar-refractivity contribution in [3.63, 3.8) is 0 Å². The van der Waals surface area contributed by atoms with E-state index in [9.17, 15) is 4.39 Å². The number of rotatable bonds is 4. The number of aromatic nitrogens is 4. The molecule has 6 heteroatoms. The zero-order chi connectivity index (χ0) is 13.9. The van der Waals surface area contributed by atoms with Crippen LogP contribution in [0.4, 0.5) is 4.39 Å². The van der Waals surface area contributed by atoms with E-state index in [0.717, 1.165) is 11.2 Å². The van der Waals surface area contributed by atoms with Gasteiger partial charge in [-0.15, -0.1) is 0 Å². The Balaban J connectivity index is 1.71. The Morgan fingerprint density at radius 2 is 2.20 bits per heavy atom. The summed E-state index contributed by atoms with van der Waals surface area (Å²) >= 11 is 0. The van der Waals surface area contributed by atoms with Gasteiger partial charge in [-0.2, -0.15) is 5.10 Å². The van der Waals surface area contributed by atoms with Gasteiger partial charge in [-0.25, -0.2) is 13.9 Å². The summed E-state index contributed by atoms with van der Waals surface area (Å²) in [6, 6.07) is 6.71. The van der Waals surface area contributed by atoms with Gasteiger partial charge in [0, 0.05) is 25.0 Å². The first-order chi connectivity index (χ1) is 9.74. The minimum Gasteiger partial charge on any atom is -0.305 e. The molecule has 1 atom stereocenters. The maximum Gasteiger partial charge on any atom is 0.155 e. The third-order valence-corrected chi connectivity index (χ3v) is 3.14. The van der Waals surface area contributed by atoms with Crippen LogP contribution in [0.3, 0.4) is 0 Å². The van der Waals surface area contributed by atoms with Crippen LogP contribution in [0.1, 0.15) is 24.2 Å². The van der Waals surface area contributed by atoms with Gasteiger partial charge in [0.05, 0.1) is 5.69 Å². The molecule has 0 amide bonds. The zero-order valence-electron chi connectivity index (χ0n) is 11.0. The monoisotopic (exact) mass is 271 g/mol. The van der Waals surface area contributed by atoms with E-state index in [1.54, 1.807) is 16.8 Å². The van der Waals surface area contributed by atoms with Gasteiger partial charge in [-0.1, -0.05) is 6.07 Å². The summed E-state index contributed by atoms with van der Waals surface area (Å²) in [5.74, 6) is -0.292. The van der Waals surface area contributed by atoms with Crippen LogP contribution in [0.15, 0.2) is 43.0 Å². The molecule has 0 radical (unpaired) electrons. The summed E-state index contributed by atoms with van der Waals surface area (Å²) in [5, 5.41) is 7.33. The van der Waals surface area contributed by atoms with E-state index in [1.807, 2.05) is 25.3 Å². The maximum absolute atomic E-state index is 13.6. The third kappa shape index (κ3) is 2.50. The predicted octanol–water partition coefficient (Wildman–Crippen LogP) is 2.11. The molecule has 3 rings (SSSR count). The van der Waals surface area contributed by atoms with Gasteiger partial charge in [0.1, 0.15) is 12.1 Å². The number of nitrogens with one attached hydrogen (secondary N) is 1. The van der Waals surface area contributed by atoms with Crippen molar-refractivity contribution < 1.29 is 4.39 Å². The number of fused-ring (bicyclic) bond motifs is 1. The maximum atomic E-state index is 13.6. The zero-order valence-corrected chi connectivity index (χ0v) is 11.0. The lowest BCUT2D eigenvalue weighted by Gasteiger charge is -2.13. The second kappa shape index (κ2) is 5.34. The van der Waals surface area contributed by atoms with E-state index in [0.29, 0.717) is 12.2 Å². The minimum absolute atomic E-state index is 0.164. The van der Waals surface area contributed by atoms with Gasteiger partial charge in [-0.05, 0) is 30.7 Å². The fourth-order valence-electron chi connectivity index (χ4n) is 2.05. The fraction of sp³-hybridized carbons (Fsp3) is 0.214. The van der Waals surface area contributed by atoms with Crippen molar-refractivity contribution in [1.29, 1.82) is 0 Å². The van der Waals surface area contributed by atoms with Gasteiger partial charge in [0.2, 0.25) is 0 Å². The van der Waals surface area contributed by atoms with Crippen LogP contribution in [0, 0.1) is 5.82 Å². The van der Waals surface area contributed by atoms with Gasteiger partial charge in [0.15, 0.2) is 5.65 Å². The second-order valence-electron chi connectivity index (χ2n) is 4.57. The molecule has 1 N–H and O–H groups in total. The normalized spacial score (nSPS) is 12.7. The molecule has 0 aliphatic heterocycles. The number of halogens is 1. The molecule has 3 aromatic rings. The molecule has 1 unspecified atom stereocenters. The largest absolute Gasteiger partial charge is 0.305 e. The minimum atomic E-state index is -0.292. The molecule has 0 saturated carbocycles. The second-order valence-corrected chi connectivity index (χ2v) is 4.57. The lowest BCUT2D eigenvalue weighted by Crippen LogP contribution is -2.20. The van der Waals surface area contributed by atoms with Gasteiger partial charge in [0.25, 0.3) is 0 Å². The highest BCUT2D eigenvalue weighted by Crippen LogP contribution is 2.14. The van der Waals surface area contributed by atoms with Gasteiger partial charge in [-0.3, -0.25) is 4.98 Å². The molecule has 102 valence electrons. The highest BCUT2D eigenvalue weighted by atomic mass is 19.1. The Kier molecular flexibility index (Phi) is 3.39. The summed E-state index contributed by atoms with van der Waals surface area (Å²) in [6.07, 6.45) is 5.01. The molecule has 0 bridgehead atoms. The van der Waals surface area contributed by atoms with Crippen molar-refractivity contribution in [1.82, 2.24) is 24.9 Å². The van der Waals surface area contributed by atoms with Crippen molar-refractivity contribution in [3.05, 3.63) is 60.1 Å². The summed E-state index contributed by atoms with van der Waals surface area (Å²) in [6.45, 7) is 2.49. The van der Waals surface area contributed by atoms with E-state index < -0.39 is 0 Å². The highest BCUT2D eigenvalue weighted by molar-refractivity contribution is 5.37. The van der Waals surface area contributed by atoms with Crippen molar-refractivity contribution >= 4 is 5.65 Å². The third-order valence-electron chi connectivity index (χ3n) is 3.14. The summed E-state index contributed by atoms with van der Waals surface area (Å²) in [7, 11) is 0. The van der Waals surface area contributed by atoms with Crippen molar-refractivity contribution in [3.8, 4) is 0 Å². The Morgan fingerprint density at radius 3 is 3.05 bits per heavy atom. The molecule has 0 aromatic carbocycles. The molecule has 0 aliphatic carbocycles. The first-order valence-electron chi connectivity index (χ1n) is 6.36. The van der Waals surface area contributed by atoms with Crippen LogP contribution < -0.4 is 5.32 Å². The van der Waals surface area contributed by atoms with Crippen molar-refractivity contribution in [2.24, 2.45) is 0 Å². The van der Waals surface area contributed by atoms with E-state index in [1.165, 1.54) is 12.4 Å². The first-order valence-corrected chi connectivity index (χ1v) is 6.36. The Hall–Kier alpha value is -2.34. The average molecular weight is 271 g/mol. The SMILES string of the molecule is CC(NCc1ccc2ncnn2c1)c1ncccc1F. The van der Waals surface area contributed by atoms with Crippen LogP contribution in [0.2, 0.25) is 0 Å². The summed E-state index contributed by atoms with van der Waals surface area (Å²) in [5.41, 5.74) is 2.28. The Morgan fingerprint density at radius 1 is 1.30 bits per heavy atom. The van der Waals surface area contributed by atoms with Crippen molar-refractivity contribution in [2.45, 2.75) is 19.5 Å². The number of hydrogen-bond donors (Lipinski definition) is 1. The Labute approximate surface area is 115 Å².